The first-order chi connectivity index (χ1) is 11.5. The van der Waals surface area contributed by atoms with Gasteiger partial charge in [-0.25, -0.2) is 4.79 Å². The summed E-state index contributed by atoms with van der Waals surface area (Å²) in [6.45, 7) is 3.65. The van der Waals surface area contributed by atoms with E-state index in [2.05, 4.69) is 4.98 Å². The number of hydrogen-bond donors (Lipinski definition) is 0. The second-order valence-corrected chi connectivity index (χ2v) is 5.73. The van der Waals surface area contributed by atoms with Crippen LogP contribution in [0.5, 0.6) is 0 Å². The Hall–Kier alpha value is -2.69. The molecule has 126 valence electrons. The number of methoxy groups -OCH3 is 1. The molecule has 2 rings (SSSR count). The summed E-state index contributed by atoms with van der Waals surface area (Å²) in [5.41, 5.74) is 2.98. The summed E-state index contributed by atoms with van der Waals surface area (Å²) < 4.78 is 4.90. The van der Waals surface area contributed by atoms with Crippen LogP contribution in [-0.2, 0) is 16.0 Å². The molecule has 0 saturated carbocycles. The predicted octanol–water partition coefficient (Wildman–Crippen LogP) is 2.55. The van der Waals surface area contributed by atoms with Gasteiger partial charge in [-0.05, 0) is 31.0 Å². The molecule has 0 aliphatic heterocycles. The minimum absolute atomic E-state index is 0.232. The van der Waals surface area contributed by atoms with Crippen LogP contribution in [0.4, 0.5) is 0 Å². The van der Waals surface area contributed by atoms with Crippen molar-refractivity contribution >= 4 is 11.9 Å². The average Bonchev–Trinajstić information content (AvgIpc) is 2.59. The van der Waals surface area contributed by atoms with E-state index in [1.807, 2.05) is 37.3 Å². The lowest BCUT2D eigenvalue weighted by Crippen LogP contribution is -2.45. The van der Waals surface area contributed by atoms with Gasteiger partial charge in [0.05, 0.1) is 18.4 Å². The number of benzene rings is 1. The van der Waals surface area contributed by atoms with Crippen molar-refractivity contribution in [1.82, 2.24) is 9.88 Å². The second kappa shape index (κ2) is 7.73. The number of amides is 1. The highest BCUT2D eigenvalue weighted by Gasteiger charge is 2.30. The molecule has 1 atom stereocenters. The summed E-state index contributed by atoms with van der Waals surface area (Å²) in [6.07, 6.45) is 2.07. The van der Waals surface area contributed by atoms with E-state index in [4.69, 9.17) is 4.74 Å². The second-order valence-electron chi connectivity index (χ2n) is 5.73. The molecule has 5 nitrogen and oxygen atoms in total. The fourth-order valence-corrected chi connectivity index (χ4v) is 2.69. The number of nitrogens with zero attached hydrogens (tertiary/aromatic N) is 2. The smallest absolute Gasteiger partial charge is 0.328 e. The Morgan fingerprint density at radius 2 is 1.83 bits per heavy atom. The first-order valence-corrected chi connectivity index (χ1v) is 7.76. The van der Waals surface area contributed by atoms with Gasteiger partial charge in [-0.2, -0.15) is 0 Å². The molecule has 0 fully saturated rings. The predicted molar refractivity (Wildman–Crippen MR) is 91.8 cm³/mol. The molecule has 0 radical (unpaired) electrons. The number of ether oxygens (including phenoxy) is 1. The zero-order valence-electron chi connectivity index (χ0n) is 14.4. The lowest BCUT2D eigenvalue weighted by molar-refractivity contribution is -0.145. The number of likely N-dealkylation sites (N-methyl/N-ethyl adjacent to an activating group) is 1. The van der Waals surface area contributed by atoms with E-state index in [9.17, 15) is 9.59 Å². The van der Waals surface area contributed by atoms with Crippen molar-refractivity contribution in [3.8, 4) is 0 Å². The maximum atomic E-state index is 12.9. The van der Waals surface area contributed by atoms with Crippen molar-refractivity contribution in [2.24, 2.45) is 0 Å². The topological polar surface area (TPSA) is 59.5 Å². The number of carbonyl (C=O) groups excluding carboxylic acids is 2. The van der Waals surface area contributed by atoms with Crippen LogP contribution in [0.2, 0.25) is 0 Å². The third-order valence-electron chi connectivity index (χ3n) is 4.10. The van der Waals surface area contributed by atoms with Crippen LogP contribution in [0.3, 0.4) is 0 Å². The van der Waals surface area contributed by atoms with Crippen molar-refractivity contribution in [1.29, 1.82) is 0 Å². The van der Waals surface area contributed by atoms with E-state index in [-0.39, 0.29) is 5.91 Å². The van der Waals surface area contributed by atoms with Crippen molar-refractivity contribution in [3.63, 3.8) is 0 Å². The Morgan fingerprint density at radius 1 is 1.17 bits per heavy atom. The van der Waals surface area contributed by atoms with E-state index in [0.717, 1.165) is 11.1 Å². The van der Waals surface area contributed by atoms with Gasteiger partial charge in [-0.3, -0.25) is 9.78 Å². The number of carbonyl (C=O) groups is 2. The highest BCUT2D eigenvalue weighted by Crippen LogP contribution is 2.17. The molecule has 1 aromatic heterocycles. The SMILES string of the molecule is COC(=O)[C@H](Cc1ccccc1)N(C)C(=O)c1c(C)ccnc1C. The molecule has 5 heteroatoms. The fraction of sp³-hybridized carbons (Fsp3) is 0.316. The molecule has 0 N–H and O–H groups in total. The molecule has 1 heterocycles. The number of esters is 1. The number of pyridine rings is 1. The number of aryl methyl sites for hydroxylation is 2. The van der Waals surface area contributed by atoms with Gasteiger partial charge in [0.15, 0.2) is 0 Å². The normalized spacial score (nSPS) is 11.7. The van der Waals surface area contributed by atoms with Crippen molar-refractivity contribution < 1.29 is 14.3 Å². The van der Waals surface area contributed by atoms with Crippen LogP contribution in [-0.4, -0.2) is 42.0 Å². The monoisotopic (exact) mass is 326 g/mol. The summed E-state index contributed by atoms with van der Waals surface area (Å²) in [5.74, 6) is -0.668. The highest BCUT2D eigenvalue weighted by atomic mass is 16.5. The molecule has 0 aliphatic rings. The summed E-state index contributed by atoms with van der Waals surface area (Å²) in [6, 6.07) is 10.7. The first-order valence-electron chi connectivity index (χ1n) is 7.76. The van der Waals surface area contributed by atoms with Crippen LogP contribution in [0.1, 0.15) is 27.2 Å². The molecule has 0 spiro atoms. The Labute approximate surface area is 142 Å². The van der Waals surface area contributed by atoms with Gasteiger partial charge < -0.3 is 9.64 Å². The number of hydrogen-bond acceptors (Lipinski definition) is 4. The maximum absolute atomic E-state index is 12.9. The first kappa shape index (κ1) is 17.7. The van der Waals surface area contributed by atoms with Gasteiger partial charge >= 0.3 is 5.97 Å². The number of aromatic nitrogens is 1. The van der Waals surface area contributed by atoms with Gasteiger partial charge in [0, 0.05) is 19.7 Å². The van der Waals surface area contributed by atoms with Crippen LogP contribution < -0.4 is 0 Å². The van der Waals surface area contributed by atoms with Gasteiger partial charge in [0.2, 0.25) is 0 Å². The third kappa shape index (κ3) is 3.79. The third-order valence-corrected chi connectivity index (χ3v) is 4.10. The van der Waals surface area contributed by atoms with Crippen molar-refractivity contribution in [2.45, 2.75) is 26.3 Å². The molecular weight excluding hydrogens is 304 g/mol. The summed E-state index contributed by atoms with van der Waals surface area (Å²) in [4.78, 5) is 30.8. The average molecular weight is 326 g/mol. The molecule has 1 aromatic carbocycles. The lowest BCUT2D eigenvalue weighted by Gasteiger charge is -2.27. The van der Waals surface area contributed by atoms with E-state index in [1.54, 1.807) is 26.2 Å². The van der Waals surface area contributed by atoms with Gasteiger partial charge in [-0.1, -0.05) is 30.3 Å². The molecule has 0 saturated heterocycles. The van der Waals surface area contributed by atoms with Crippen LogP contribution in [0.25, 0.3) is 0 Å². The Kier molecular flexibility index (Phi) is 5.68. The molecule has 0 unspecified atom stereocenters. The zero-order valence-corrected chi connectivity index (χ0v) is 14.4. The zero-order chi connectivity index (χ0) is 17.7. The van der Waals surface area contributed by atoms with Crippen LogP contribution in [0.15, 0.2) is 42.6 Å². The summed E-state index contributed by atoms with van der Waals surface area (Å²) in [5, 5.41) is 0. The fourth-order valence-electron chi connectivity index (χ4n) is 2.69. The lowest BCUT2D eigenvalue weighted by atomic mass is 10.0. The standard InChI is InChI=1S/C19H22N2O3/c1-13-10-11-20-14(2)17(13)18(22)21(3)16(19(23)24-4)12-15-8-6-5-7-9-15/h5-11,16H,12H2,1-4H3/t16-/m0/s1. The minimum atomic E-state index is -0.691. The Balaban J connectivity index is 2.32. The molecular formula is C19H22N2O3. The highest BCUT2D eigenvalue weighted by molar-refractivity contribution is 5.98. The molecule has 24 heavy (non-hydrogen) atoms. The van der Waals surface area contributed by atoms with Gasteiger partial charge in [0.25, 0.3) is 5.91 Å². The Morgan fingerprint density at radius 3 is 2.42 bits per heavy atom. The summed E-state index contributed by atoms with van der Waals surface area (Å²) in [7, 11) is 2.96. The minimum Gasteiger partial charge on any atom is -0.467 e. The van der Waals surface area contributed by atoms with Crippen LogP contribution >= 0.6 is 0 Å². The molecule has 0 bridgehead atoms. The van der Waals surface area contributed by atoms with Crippen LogP contribution in [0, 0.1) is 13.8 Å². The van der Waals surface area contributed by atoms with Crippen molar-refractivity contribution in [3.05, 3.63) is 65.0 Å². The van der Waals surface area contributed by atoms with Gasteiger partial charge in [0.1, 0.15) is 6.04 Å². The number of rotatable bonds is 5. The van der Waals surface area contributed by atoms with Gasteiger partial charge in [-0.15, -0.1) is 0 Å². The summed E-state index contributed by atoms with van der Waals surface area (Å²) >= 11 is 0. The van der Waals surface area contributed by atoms with E-state index in [1.165, 1.54) is 12.0 Å². The maximum Gasteiger partial charge on any atom is 0.328 e. The Bertz CT molecular complexity index is 708. The quantitative estimate of drug-likeness (QED) is 0.792. The molecule has 0 aliphatic carbocycles. The van der Waals surface area contributed by atoms with E-state index < -0.39 is 12.0 Å². The largest absolute Gasteiger partial charge is 0.467 e. The molecule has 1 amide bonds. The molecule has 2 aromatic rings. The van der Waals surface area contributed by atoms with Crippen molar-refractivity contribution in [2.75, 3.05) is 14.2 Å². The van der Waals surface area contributed by atoms with E-state index in [0.29, 0.717) is 17.7 Å². The van der Waals surface area contributed by atoms with E-state index >= 15 is 0 Å².